The van der Waals surface area contributed by atoms with Crippen LogP contribution in [0, 0.1) is 35.5 Å². The second-order valence-electron chi connectivity index (χ2n) is 19.8. The van der Waals surface area contributed by atoms with E-state index >= 15 is 0 Å². The average Bonchev–Trinajstić information content (AvgIpc) is 3.30. The minimum atomic E-state index is -2.42. The van der Waals surface area contributed by atoms with Gasteiger partial charge in [0, 0.05) is 65.6 Å². The second kappa shape index (κ2) is 25.8. The lowest BCUT2D eigenvalue weighted by Gasteiger charge is -2.42. The van der Waals surface area contributed by atoms with Crippen LogP contribution in [0.1, 0.15) is 126 Å². The van der Waals surface area contributed by atoms with E-state index in [1.807, 2.05) is 58.1 Å². The maximum absolute atomic E-state index is 14.4. The first-order valence-electron chi connectivity index (χ1n) is 24.3. The molecule has 1 amide bonds. The van der Waals surface area contributed by atoms with Crippen molar-refractivity contribution in [3.05, 3.63) is 47.6 Å². The molecule has 1 saturated carbocycles. The van der Waals surface area contributed by atoms with E-state index in [0.29, 0.717) is 50.5 Å². The monoisotopic (exact) mass is 928 g/mol. The van der Waals surface area contributed by atoms with Gasteiger partial charge in [0.05, 0.1) is 24.4 Å². The predicted octanol–water partition coefficient (Wildman–Crippen LogP) is 6.83. The van der Waals surface area contributed by atoms with Gasteiger partial charge in [-0.3, -0.25) is 19.2 Å². The highest BCUT2D eigenvalue weighted by molar-refractivity contribution is 6.39. The lowest BCUT2D eigenvalue weighted by atomic mass is 9.78. The molecule has 2 N–H and O–H groups in total. The van der Waals surface area contributed by atoms with Gasteiger partial charge in [-0.1, -0.05) is 71.1 Å². The van der Waals surface area contributed by atoms with Crippen molar-refractivity contribution in [1.29, 1.82) is 0 Å². The Kier molecular flexibility index (Phi) is 21.6. The quantitative estimate of drug-likeness (QED) is 0.154. The van der Waals surface area contributed by atoms with Crippen LogP contribution in [-0.4, -0.2) is 134 Å². The van der Waals surface area contributed by atoms with E-state index in [4.69, 9.17) is 28.4 Å². The summed E-state index contributed by atoms with van der Waals surface area (Å²) in [6.45, 7) is 12.8. The van der Waals surface area contributed by atoms with Crippen LogP contribution in [0.4, 0.5) is 0 Å². The SMILES string of the molecule is CO[C@H]1C[C@@H]2CC[C@@H](C)[C@@](O)(O2)C(=O)C(=O)N2CCCC[C@H]2C(=O)O[C@H]([C@H](C)C[C@@H]2CC[C@@H](OC)[C@H](OC)C2)CC(=O)[C@H](C)/C=C(\C)[C@@H](O)[C@@H](OC)C(=O)C(C)C[C@H](C)/C=C/C=C/C=C/1C. The molecule has 66 heavy (non-hydrogen) atoms. The van der Waals surface area contributed by atoms with Gasteiger partial charge < -0.3 is 43.5 Å². The standard InChI is InChI=1S/C52H81NO13/c1-31-17-13-12-14-18-32(2)43(62-9)29-39-22-20-37(7)52(60,66-39)49(57)50(58)53-24-16-15-19-40(53)51(59)65-44(34(4)27-38-21-23-42(61-8)45(28-38)63-10)30-41(54)33(3)26-36(6)47(56)48(64-11)46(55)35(5)25-31/h12-14,17-18,26,31,33-35,37-40,42-45,47-48,56,60H,15-16,19-25,27-30H2,1-11H3/b14-12+,17-13+,32-18+,36-26+/t31-,33-,34-,35?,37-,38+,39+,40+,42-,43+,44+,45-,47-,48+,52-/m1/s1. The molecule has 3 heterocycles. The Morgan fingerprint density at radius 3 is 2.20 bits per heavy atom. The van der Waals surface area contributed by atoms with Gasteiger partial charge >= 0.3 is 5.97 Å². The van der Waals surface area contributed by atoms with E-state index in [1.54, 1.807) is 48.2 Å². The number of Topliss-reactive ketones (excluding diaryl/α,β-unsaturated/α-hetero) is 3. The molecule has 14 nitrogen and oxygen atoms in total. The van der Waals surface area contributed by atoms with Crippen molar-refractivity contribution in [3.63, 3.8) is 0 Å². The molecular formula is C52H81NO13. The number of nitrogens with zero attached hydrogens (tertiary/aromatic N) is 1. The lowest BCUT2D eigenvalue weighted by Crippen LogP contribution is -2.61. The van der Waals surface area contributed by atoms with E-state index in [0.717, 1.165) is 24.8 Å². The minimum absolute atomic E-state index is 0.0246. The molecule has 0 aromatic heterocycles. The van der Waals surface area contributed by atoms with Crippen LogP contribution in [0.15, 0.2) is 47.6 Å². The fourth-order valence-electron chi connectivity index (χ4n) is 10.4. The number of piperidine rings is 1. The van der Waals surface area contributed by atoms with E-state index in [1.165, 1.54) is 12.0 Å². The van der Waals surface area contributed by atoms with Gasteiger partial charge in [-0.05, 0) is 107 Å². The zero-order valence-corrected chi connectivity index (χ0v) is 41.6. The maximum Gasteiger partial charge on any atom is 0.329 e. The maximum atomic E-state index is 14.4. The Morgan fingerprint density at radius 2 is 1.53 bits per heavy atom. The molecule has 3 fully saturated rings. The van der Waals surface area contributed by atoms with E-state index in [9.17, 15) is 34.2 Å². The fourth-order valence-corrected chi connectivity index (χ4v) is 10.4. The van der Waals surface area contributed by atoms with Crippen LogP contribution in [0.3, 0.4) is 0 Å². The van der Waals surface area contributed by atoms with Crippen molar-refractivity contribution in [2.75, 3.05) is 35.0 Å². The van der Waals surface area contributed by atoms with E-state index < -0.39 is 77.8 Å². The summed E-state index contributed by atoms with van der Waals surface area (Å²) in [5.41, 5.74) is 1.29. The minimum Gasteiger partial charge on any atom is -0.460 e. The van der Waals surface area contributed by atoms with Crippen molar-refractivity contribution >= 4 is 29.2 Å². The number of aliphatic hydroxyl groups is 2. The van der Waals surface area contributed by atoms with Crippen LogP contribution >= 0.6 is 0 Å². The Balaban J connectivity index is 1.70. The molecule has 372 valence electrons. The van der Waals surface area contributed by atoms with Crippen LogP contribution in [0.5, 0.6) is 0 Å². The Hall–Kier alpha value is -3.37. The summed E-state index contributed by atoms with van der Waals surface area (Å²) >= 11 is 0. The summed E-state index contributed by atoms with van der Waals surface area (Å²) in [4.78, 5) is 72.0. The number of ether oxygens (including phenoxy) is 6. The first kappa shape index (κ1) is 55.2. The number of carbonyl (C=O) groups excluding carboxylic acids is 5. The molecule has 0 radical (unpaired) electrons. The van der Waals surface area contributed by atoms with Gasteiger partial charge in [0.15, 0.2) is 5.78 Å². The summed E-state index contributed by atoms with van der Waals surface area (Å²) in [6.07, 6.45) is 12.7. The number of amides is 1. The van der Waals surface area contributed by atoms with Crippen LogP contribution in [0.25, 0.3) is 0 Å². The van der Waals surface area contributed by atoms with Crippen molar-refractivity contribution in [1.82, 2.24) is 4.90 Å². The van der Waals surface area contributed by atoms with Gasteiger partial charge in [-0.25, -0.2) is 4.79 Å². The molecule has 0 aromatic rings. The number of cyclic esters (lactones) is 1. The van der Waals surface area contributed by atoms with Crippen molar-refractivity contribution in [2.24, 2.45) is 35.5 Å². The van der Waals surface area contributed by atoms with Crippen LogP contribution in [-0.2, 0) is 52.4 Å². The molecule has 1 unspecified atom stereocenters. The first-order valence-corrected chi connectivity index (χ1v) is 24.3. The predicted molar refractivity (Wildman–Crippen MR) is 250 cm³/mol. The number of fused-ring (bicyclic) bond motifs is 3. The smallest absolute Gasteiger partial charge is 0.329 e. The van der Waals surface area contributed by atoms with Crippen LogP contribution in [0.2, 0.25) is 0 Å². The number of methoxy groups -OCH3 is 4. The van der Waals surface area contributed by atoms with Crippen molar-refractivity contribution in [2.45, 2.75) is 180 Å². The van der Waals surface area contributed by atoms with Crippen LogP contribution < -0.4 is 0 Å². The second-order valence-corrected chi connectivity index (χ2v) is 19.8. The third-order valence-electron chi connectivity index (χ3n) is 14.8. The summed E-state index contributed by atoms with van der Waals surface area (Å²) < 4.78 is 35.3. The summed E-state index contributed by atoms with van der Waals surface area (Å²) in [5, 5.41) is 23.4. The highest BCUT2D eigenvalue weighted by Crippen LogP contribution is 2.38. The van der Waals surface area contributed by atoms with Crippen molar-refractivity contribution in [3.8, 4) is 0 Å². The van der Waals surface area contributed by atoms with Gasteiger partial charge in [0.25, 0.3) is 11.7 Å². The molecule has 4 aliphatic rings. The Bertz CT molecular complexity index is 1770. The average molecular weight is 928 g/mol. The summed E-state index contributed by atoms with van der Waals surface area (Å²) in [5.74, 6) is -7.72. The van der Waals surface area contributed by atoms with Crippen molar-refractivity contribution < 1.29 is 62.6 Å². The summed E-state index contributed by atoms with van der Waals surface area (Å²) in [7, 11) is 6.31. The highest BCUT2D eigenvalue weighted by Gasteiger charge is 2.53. The Labute approximate surface area is 393 Å². The van der Waals surface area contributed by atoms with E-state index in [2.05, 4.69) is 0 Å². The summed E-state index contributed by atoms with van der Waals surface area (Å²) in [6, 6.07) is -1.12. The molecular weight excluding hydrogens is 847 g/mol. The third kappa shape index (κ3) is 14.3. The molecule has 2 bridgehead atoms. The number of hydrogen-bond donors (Lipinski definition) is 2. The van der Waals surface area contributed by atoms with E-state index in [-0.39, 0.29) is 60.9 Å². The zero-order chi connectivity index (χ0) is 48.9. The molecule has 3 aliphatic heterocycles. The normalized spacial score (nSPS) is 40.0. The third-order valence-corrected chi connectivity index (χ3v) is 14.8. The molecule has 0 spiro atoms. The lowest BCUT2D eigenvalue weighted by molar-refractivity contribution is -0.265. The van der Waals surface area contributed by atoms with Gasteiger partial charge in [-0.2, -0.15) is 0 Å². The highest BCUT2D eigenvalue weighted by atomic mass is 16.6. The Morgan fingerprint density at radius 1 is 0.818 bits per heavy atom. The molecule has 15 atom stereocenters. The largest absolute Gasteiger partial charge is 0.460 e. The molecule has 14 heteroatoms. The number of hydrogen-bond acceptors (Lipinski definition) is 13. The first-order chi connectivity index (χ1) is 31.3. The number of ketones is 3. The number of rotatable bonds is 7. The number of carbonyl (C=O) groups is 5. The van der Waals surface area contributed by atoms with Gasteiger partial charge in [0.2, 0.25) is 5.79 Å². The van der Waals surface area contributed by atoms with Gasteiger partial charge in [-0.15, -0.1) is 0 Å². The number of esters is 1. The number of aliphatic hydroxyl groups excluding tert-OH is 1. The number of allylic oxidation sites excluding steroid dienone is 6. The topological polar surface area (TPSA) is 184 Å². The molecule has 4 rings (SSSR count). The fraction of sp³-hybridized carbons (Fsp3) is 0.750. The molecule has 1 aliphatic carbocycles. The zero-order valence-electron chi connectivity index (χ0n) is 41.6. The molecule has 0 aromatic carbocycles. The molecule has 2 saturated heterocycles. The van der Waals surface area contributed by atoms with Gasteiger partial charge in [0.1, 0.15) is 30.1 Å².